The average Bonchev–Trinajstić information content (AvgIpc) is 3.36. The Morgan fingerprint density at radius 2 is 1.90 bits per heavy atom. The molecule has 40 heavy (non-hydrogen) atoms. The van der Waals surface area contributed by atoms with Crippen LogP contribution in [0.1, 0.15) is 90.6 Å². The molecule has 8 nitrogen and oxygen atoms in total. The van der Waals surface area contributed by atoms with Crippen LogP contribution >= 0.6 is 0 Å². The van der Waals surface area contributed by atoms with E-state index in [0.29, 0.717) is 18.9 Å². The number of amides is 1. The molecule has 3 heterocycles. The van der Waals surface area contributed by atoms with Crippen molar-refractivity contribution in [2.75, 3.05) is 19.8 Å². The number of aryl methyl sites for hydroxylation is 1. The number of nitrogens with zero attached hydrogens (tertiary/aromatic N) is 1. The Morgan fingerprint density at radius 1 is 1.23 bits per heavy atom. The van der Waals surface area contributed by atoms with Gasteiger partial charge in [0.2, 0.25) is 5.91 Å². The number of allylic oxidation sites excluding steroid dienone is 2. The molecule has 1 amide bonds. The fourth-order valence-corrected chi connectivity index (χ4v) is 4.81. The number of aromatic nitrogens is 2. The molecule has 2 fully saturated rings. The van der Waals surface area contributed by atoms with Gasteiger partial charge in [-0.1, -0.05) is 39.2 Å². The maximum Gasteiger partial charge on any atom is 0.416 e. The lowest BCUT2D eigenvalue weighted by atomic mass is 9.83. The molecule has 2 aliphatic rings. The fraction of sp³-hybridized carbons (Fsp3) is 0.724. The number of H-pyrrole nitrogens is 1. The molecule has 4 N–H and O–H groups in total. The number of morpholine rings is 1. The molecule has 2 aliphatic heterocycles. The summed E-state index contributed by atoms with van der Waals surface area (Å²) in [6.45, 7) is 10.9. The first kappa shape index (κ1) is 33.7. The number of hydrogen-bond donors (Lipinski definition) is 4. The maximum absolute atomic E-state index is 12.9. The van der Waals surface area contributed by atoms with Crippen molar-refractivity contribution in [1.82, 2.24) is 15.3 Å². The summed E-state index contributed by atoms with van der Waals surface area (Å²) in [5, 5.41) is 18.5. The van der Waals surface area contributed by atoms with E-state index in [4.69, 9.17) is 20.3 Å². The van der Waals surface area contributed by atoms with Crippen molar-refractivity contribution in [3.8, 4) is 0 Å². The molecule has 1 aromatic rings. The van der Waals surface area contributed by atoms with Crippen LogP contribution in [-0.2, 0) is 14.3 Å². The summed E-state index contributed by atoms with van der Waals surface area (Å²) in [6, 6.07) is 0. The van der Waals surface area contributed by atoms with Gasteiger partial charge in [0, 0.05) is 25.3 Å². The normalized spacial score (nSPS) is 21.6. The molecule has 2 saturated heterocycles. The van der Waals surface area contributed by atoms with Crippen molar-refractivity contribution in [2.45, 2.75) is 104 Å². The van der Waals surface area contributed by atoms with Gasteiger partial charge in [0.15, 0.2) is 6.10 Å². The monoisotopic (exact) mass is 569 g/mol. The van der Waals surface area contributed by atoms with E-state index >= 15 is 0 Å². The zero-order chi connectivity index (χ0) is 29.9. The van der Waals surface area contributed by atoms with Crippen LogP contribution in [0.3, 0.4) is 0 Å². The highest BCUT2D eigenvalue weighted by atomic mass is 19.4. The molecule has 0 bridgehead atoms. The van der Waals surface area contributed by atoms with Crippen molar-refractivity contribution in [1.29, 1.82) is 10.8 Å². The lowest BCUT2D eigenvalue weighted by Gasteiger charge is -2.33. The lowest BCUT2D eigenvalue weighted by molar-refractivity contribution is -0.236. The highest BCUT2D eigenvalue weighted by molar-refractivity contribution is 6.01. The van der Waals surface area contributed by atoms with Crippen molar-refractivity contribution in [3.63, 3.8) is 0 Å². The van der Waals surface area contributed by atoms with E-state index in [0.717, 1.165) is 60.7 Å². The fourth-order valence-electron chi connectivity index (χ4n) is 4.81. The number of alkyl halides is 3. The van der Waals surface area contributed by atoms with Crippen molar-refractivity contribution in [2.24, 2.45) is 11.8 Å². The van der Waals surface area contributed by atoms with Crippen LogP contribution < -0.4 is 5.32 Å². The molecule has 11 heteroatoms. The highest BCUT2D eigenvalue weighted by Gasteiger charge is 2.46. The summed E-state index contributed by atoms with van der Waals surface area (Å²) >= 11 is 0. The van der Waals surface area contributed by atoms with E-state index in [1.165, 1.54) is 12.8 Å². The van der Waals surface area contributed by atoms with Crippen molar-refractivity contribution < 1.29 is 27.4 Å². The largest absolute Gasteiger partial charge is 0.416 e. The quantitative estimate of drug-likeness (QED) is 0.234. The van der Waals surface area contributed by atoms with Crippen LogP contribution in [0.2, 0.25) is 0 Å². The van der Waals surface area contributed by atoms with Gasteiger partial charge in [0.05, 0.1) is 24.1 Å². The topological polar surface area (TPSA) is 124 Å². The Morgan fingerprint density at radius 3 is 2.45 bits per heavy atom. The SMILES string of the molecule is CCC(C)=C(C(=N)CC1OC(C(F)(F)F)CNC1=O)C1CCOCC1.CCC(C)CCCC(=N)c1cnc(C)[nH]1. The molecule has 0 saturated carbocycles. The average molecular weight is 570 g/mol. The Balaban J connectivity index is 0.000000319. The van der Waals surface area contributed by atoms with Crippen LogP contribution in [0.25, 0.3) is 0 Å². The van der Waals surface area contributed by atoms with Gasteiger partial charge in [-0.25, -0.2) is 4.98 Å². The van der Waals surface area contributed by atoms with E-state index in [9.17, 15) is 18.0 Å². The molecule has 0 spiro atoms. The van der Waals surface area contributed by atoms with Gasteiger partial charge in [0.25, 0.3) is 0 Å². The molecule has 0 aliphatic carbocycles. The van der Waals surface area contributed by atoms with Crippen LogP contribution in [-0.4, -0.2) is 65.4 Å². The molecule has 1 aromatic heterocycles. The van der Waals surface area contributed by atoms with Crippen molar-refractivity contribution in [3.05, 3.63) is 28.9 Å². The van der Waals surface area contributed by atoms with E-state index in [1.54, 1.807) is 6.20 Å². The van der Waals surface area contributed by atoms with Crippen LogP contribution in [0.15, 0.2) is 17.3 Å². The highest BCUT2D eigenvalue weighted by Crippen LogP contribution is 2.31. The third-order valence-electron chi connectivity index (χ3n) is 7.63. The van der Waals surface area contributed by atoms with Crippen molar-refractivity contribution >= 4 is 17.3 Å². The first-order valence-electron chi connectivity index (χ1n) is 14.3. The number of imidazole rings is 1. The zero-order valence-corrected chi connectivity index (χ0v) is 24.5. The number of halogens is 3. The number of rotatable bonds is 11. The molecule has 226 valence electrons. The summed E-state index contributed by atoms with van der Waals surface area (Å²) in [5.74, 6) is 1.22. The van der Waals surface area contributed by atoms with E-state index in [1.807, 2.05) is 20.8 Å². The third-order valence-corrected chi connectivity index (χ3v) is 7.63. The molecular formula is C29H46F3N5O3. The second-order valence-corrected chi connectivity index (χ2v) is 10.8. The summed E-state index contributed by atoms with van der Waals surface area (Å²) < 4.78 is 48.9. The summed E-state index contributed by atoms with van der Waals surface area (Å²) in [6.07, 6.45) is 0.461. The Kier molecular flexibility index (Phi) is 13.5. The summed E-state index contributed by atoms with van der Waals surface area (Å²) in [4.78, 5) is 19.1. The predicted octanol–water partition coefficient (Wildman–Crippen LogP) is 6.30. The molecule has 0 aromatic carbocycles. The van der Waals surface area contributed by atoms with Gasteiger partial charge in [-0.2, -0.15) is 13.2 Å². The molecule has 3 unspecified atom stereocenters. The minimum atomic E-state index is -4.53. The Labute approximate surface area is 235 Å². The van der Waals surface area contributed by atoms with Crippen LogP contribution in [0.5, 0.6) is 0 Å². The first-order chi connectivity index (χ1) is 18.9. The maximum atomic E-state index is 12.9. The van der Waals surface area contributed by atoms with Gasteiger partial charge in [0.1, 0.15) is 11.9 Å². The van der Waals surface area contributed by atoms with Gasteiger partial charge in [-0.3, -0.25) is 4.79 Å². The smallest absolute Gasteiger partial charge is 0.381 e. The molecule has 3 rings (SSSR count). The number of hydrogen-bond acceptors (Lipinski definition) is 6. The van der Waals surface area contributed by atoms with E-state index < -0.39 is 30.8 Å². The number of ether oxygens (including phenoxy) is 2. The Bertz CT molecular complexity index is 1010. The molecular weight excluding hydrogens is 523 g/mol. The number of carbonyl (C=O) groups excluding carboxylic acids is 1. The summed E-state index contributed by atoms with van der Waals surface area (Å²) in [5.41, 5.74) is 3.61. The minimum absolute atomic E-state index is 0.145. The molecule has 3 atom stereocenters. The number of carbonyl (C=O) groups is 1. The van der Waals surface area contributed by atoms with Crippen LogP contribution in [0, 0.1) is 29.6 Å². The summed E-state index contributed by atoms with van der Waals surface area (Å²) in [7, 11) is 0. The number of nitrogens with one attached hydrogen (secondary N) is 4. The second-order valence-electron chi connectivity index (χ2n) is 10.8. The predicted molar refractivity (Wildman–Crippen MR) is 150 cm³/mol. The minimum Gasteiger partial charge on any atom is -0.381 e. The van der Waals surface area contributed by atoms with Gasteiger partial charge < -0.3 is 30.6 Å². The van der Waals surface area contributed by atoms with E-state index in [2.05, 4.69) is 29.1 Å². The standard InChI is InChI=1S/C17H25F3N2O3.C12H21N3/c1-3-10(2)15(11-4-6-24-7-5-11)12(21)8-13-16(23)22-9-14(25-13)17(18,19)20;1-4-9(2)6-5-7-11(13)12-8-14-10(3)15-12/h11,13-14,21H,3-9H2,1-2H3,(H,22,23);8-9,13H,4-7H2,1-3H3,(H,14,15). The van der Waals surface area contributed by atoms with Gasteiger partial charge >= 0.3 is 6.18 Å². The van der Waals surface area contributed by atoms with Gasteiger partial charge in [-0.05, 0) is 63.4 Å². The lowest BCUT2D eigenvalue weighted by Crippen LogP contribution is -2.54. The molecule has 0 radical (unpaired) electrons. The zero-order valence-electron chi connectivity index (χ0n) is 24.5. The van der Waals surface area contributed by atoms with Crippen LogP contribution in [0.4, 0.5) is 13.2 Å². The first-order valence-corrected chi connectivity index (χ1v) is 14.3. The Hall–Kier alpha value is -2.53. The third kappa shape index (κ3) is 10.5. The van der Waals surface area contributed by atoms with E-state index in [-0.39, 0.29) is 18.1 Å². The van der Waals surface area contributed by atoms with Gasteiger partial charge in [-0.15, -0.1) is 0 Å². The second kappa shape index (κ2) is 16.0. The number of aromatic amines is 1.